The molecule has 0 fully saturated rings. The Morgan fingerprint density at radius 3 is 2.70 bits per heavy atom. The van der Waals surface area contributed by atoms with Crippen LogP contribution < -0.4 is 0 Å². The molecule has 2 heterocycles. The molecule has 0 saturated carbocycles. The lowest BCUT2D eigenvalue weighted by Crippen LogP contribution is -2.25. The van der Waals surface area contributed by atoms with Crippen molar-refractivity contribution in [2.24, 2.45) is 0 Å². The van der Waals surface area contributed by atoms with Crippen molar-refractivity contribution in [1.29, 1.82) is 0 Å². The number of carbonyl (C=O) groups excluding carboxylic acids is 1. The summed E-state index contributed by atoms with van der Waals surface area (Å²) < 4.78 is 19.3. The van der Waals surface area contributed by atoms with Crippen molar-refractivity contribution in [1.82, 2.24) is 4.90 Å². The third kappa shape index (κ3) is 3.19. The number of aryl methyl sites for hydroxylation is 1. The maximum absolute atomic E-state index is 13.8. The third-order valence-corrected chi connectivity index (χ3v) is 4.66. The van der Waals surface area contributed by atoms with Crippen LogP contribution >= 0.6 is 11.3 Å². The summed E-state index contributed by atoms with van der Waals surface area (Å²) in [6, 6.07) is 11.6. The first-order chi connectivity index (χ1) is 11.1. The zero-order valence-corrected chi connectivity index (χ0v) is 13.7. The molecule has 0 saturated heterocycles. The predicted octanol–water partition coefficient (Wildman–Crippen LogP) is 4.73. The Kier molecular flexibility index (Phi) is 4.30. The van der Waals surface area contributed by atoms with Crippen LogP contribution in [-0.4, -0.2) is 17.9 Å². The number of hydrogen-bond donors (Lipinski definition) is 0. The molecule has 1 amide bonds. The fourth-order valence-corrected chi connectivity index (χ4v) is 3.26. The molecule has 1 aromatic carbocycles. The maximum Gasteiger partial charge on any atom is 0.289 e. The second-order valence-corrected chi connectivity index (χ2v) is 6.33. The zero-order valence-electron chi connectivity index (χ0n) is 12.9. The summed E-state index contributed by atoms with van der Waals surface area (Å²) in [5.41, 5.74) is 1.52. The van der Waals surface area contributed by atoms with E-state index in [2.05, 4.69) is 0 Å². The molecule has 0 aliphatic heterocycles. The fraction of sp³-hybridized carbons (Fsp3) is 0.167. The monoisotopic (exact) mass is 329 g/mol. The van der Waals surface area contributed by atoms with Crippen LogP contribution in [0.5, 0.6) is 0 Å². The number of rotatable bonds is 4. The van der Waals surface area contributed by atoms with Gasteiger partial charge in [-0.1, -0.05) is 12.1 Å². The van der Waals surface area contributed by atoms with Gasteiger partial charge in [-0.05, 0) is 48.2 Å². The number of halogens is 1. The molecule has 0 bridgehead atoms. The van der Waals surface area contributed by atoms with Crippen LogP contribution in [-0.2, 0) is 6.54 Å². The quantitative estimate of drug-likeness (QED) is 0.693. The van der Waals surface area contributed by atoms with E-state index in [0.717, 1.165) is 4.88 Å². The van der Waals surface area contributed by atoms with E-state index in [9.17, 15) is 9.18 Å². The van der Waals surface area contributed by atoms with Crippen LogP contribution in [0, 0.1) is 12.7 Å². The second-order valence-electron chi connectivity index (χ2n) is 5.33. The lowest BCUT2D eigenvalue weighted by atomic mass is 10.1. The highest BCUT2D eigenvalue weighted by atomic mass is 32.1. The molecular formula is C18H16FNO2S. The van der Waals surface area contributed by atoms with Crippen molar-refractivity contribution in [2.75, 3.05) is 7.05 Å². The lowest BCUT2D eigenvalue weighted by molar-refractivity contribution is 0.0755. The lowest BCUT2D eigenvalue weighted by Gasteiger charge is -2.15. The topological polar surface area (TPSA) is 33.5 Å². The Balaban J connectivity index is 1.78. The first-order valence-corrected chi connectivity index (χ1v) is 8.07. The normalized spacial score (nSPS) is 10.7. The maximum atomic E-state index is 13.8. The van der Waals surface area contributed by atoms with Gasteiger partial charge < -0.3 is 9.32 Å². The highest BCUT2D eigenvalue weighted by molar-refractivity contribution is 7.10. The average Bonchev–Trinajstić information content (AvgIpc) is 3.17. The number of furan rings is 1. The molecule has 0 atom stereocenters. The molecule has 118 valence electrons. The van der Waals surface area contributed by atoms with Gasteiger partial charge in [0, 0.05) is 11.9 Å². The summed E-state index contributed by atoms with van der Waals surface area (Å²) in [7, 11) is 1.73. The molecule has 0 unspecified atom stereocenters. The van der Waals surface area contributed by atoms with Crippen molar-refractivity contribution >= 4 is 17.2 Å². The van der Waals surface area contributed by atoms with Crippen molar-refractivity contribution in [3.05, 3.63) is 69.9 Å². The summed E-state index contributed by atoms with van der Waals surface area (Å²) in [6.07, 6.45) is 0. The minimum atomic E-state index is -0.372. The minimum absolute atomic E-state index is 0.208. The number of thiophene rings is 1. The Morgan fingerprint density at radius 2 is 2.00 bits per heavy atom. The standard InChI is InChI=1S/C18H16FNO2S/c1-12-9-10-23-17(12)11-20(2)18(21)16-8-7-15(22-16)13-5-3-4-6-14(13)19/h3-10H,11H2,1-2H3. The van der Waals surface area contributed by atoms with E-state index in [1.807, 2.05) is 18.4 Å². The van der Waals surface area contributed by atoms with Crippen LogP contribution in [0.4, 0.5) is 4.39 Å². The molecule has 0 radical (unpaired) electrons. The van der Waals surface area contributed by atoms with Crippen LogP contribution in [0.2, 0.25) is 0 Å². The summed E-state index contributed by atoms with van der Waals surface area (Å²) in [4.78, 5) is 15.2. The van der Waals surface area contributed by atoms with Gasteiger partial charge in [0.05, 0.1) is 12.1 Å². The Hall–Kier alpha value is -2.40. The summed E-state index contributed by atoms with van der Waals surface area (Å²) >= 11 is 1.62. The number of benzene rings is 1. The molecule has 0 aliphatic carbocycles. The van der Waals surface area contributed by atoms with Gasteiger partial charge in [-0.25, -0.2) is 4.39 Å². The van der Waals surface area contributed by atoms with Gasteiger partial charge in [0.15, 0.2) is 5.76 Å². The number of amides is 1. The summed E-state index contributed by atoms with van der Waals surface area (Å²) in [5, 5.41) is 2.01. The van der Waals surface area contributed by atoms with E-state index < -0.39 is 0 Å². The van der Waals surface area contributed by atoms with Gasteiger partial charge in [0.1, 0.15) is 11.6 Å². The van der Waals surface area contributed by atoms with Crippen molar-refractivity contribution < 1.29 is 13.6 Å². The van der Waals surface area contributed by atoms with E-state index >= 15 is 0 Å². The van der Waals surface area contributed by atoms with Crippen LogP contribution in [0.3, 0.4) is 0 Å². The van der Waals surface area contributed by atoms with E-state index in [-0.39, 0.29) is 17.5 Å². The molecule has 2 aromatic heterocycles. The molecule has 0 spiro atoms. The Labute approximate surface area is 138 Å². The molecule has 3 aromatic rings. The fourth-order valence-electron chi connectivity index (χ4n) is 2.30. The van der Waals surface area contributed by atoms with Gasteiger partial charge in [-0.2, -0.15) is 0 Å². The SMILES string of the molecule is Cc1ccsc1CN(C)C(=O)c1ccc(-c2ccccc2F)o1. The molecule has 0 N–H and O–H groups in total. The highest BCUT2D eigenvalue weighted by Gasteiger charge is 2.18. The van der Waals surface area contributed by atoms with Crippen LogP contribution in [0.15, 0.2) is 52.3 Å². The van der Waals surface area contributed by atoms with E-state index in [4.69, 9.17) is 4.42 Å². The number of carbonyl (C=O) groups is 1. The predicted molar refractivity (Wildman–Crippen MR) is 89.0 cm³/mol. The van der Waals surface area contributed by atoms with Crippen LogP contribution in [0.25, 0.3) is 11.3 Å². The van der Waals surface area contributed by atoms with E-state index in [1.165, 1.54) is 11.6 Å². The highest BCUT2D eigenvalue weighted by Crippen LogP contribution is 2.26. The first kappa shape index (κ1) is 15.5. The molecule has 3 nitrogen and oxygen atoms in total. The van der Waals surface area contributed by atoms with E-state index in [1.54, 1.807) is 53.6 Å². The van der Waals surface area contributed by atoms with Crippen molar-refractivity contribution in [3.63, 3.8) is 0 Å². The largest absolute Gasteiger partial charge is 0.451 e. The number of hydrogen-bond acceptors (Lipinski definition) is 3. The Morgan fingerprint density at radius 1 is 1.22 bits per heavy atom. The van der Waals surface area contributed by atoms with E-state index in [0.29, 0.717) is 17.9 Å². The van der Waals surface area contributed by atoms with Crippen LogP contribution in [0.1, 0.15) is 21.0 Å². The molecule has 0 aliphatic rings. The molecular weight excluding hydrogens is 313 g/mol. The average molecular weight is 329 g/mol. The van der Waals surface area contributed by atoms with Gasteiger partial charge in [-0.3, -0.25) is 4.79 Å². The van der Waals surface area contributed by atoms with Gasteiger partial charge in [0.2, 0.25) is 0 Å². The van der Waals surface area contributed by atoms with Gasteiger partial charge in [-0.15, -0.1) is 11.3 Å². The molecule has 23 heavy (non-hydrogen) atoms. The number of nitrogens with zero attached hydrogens (tertiary/aromatic N) is 1. The minimum Gasteiger partial charge on any atom is -0.451 e. The summed E-state index contributed by atoms with van der Waals surface area (Å²) in [6.45, 7) is 2.55. The summed E-state index contributed by atoms with van der Waals surface area (Å²) in [5.74, 6) is -0.0316. The molecule has 3 rings (SSSR count). The van der Waals surface area contributed by atoms with Crippen molar-refractivity contribution in [3.8, 4) is 11.3 Å². The zero-order chi connectivity index (χ0) is 16.4. The second kappa shape index (κ2) is 6.38. The van der Waals surface area contributed by atoms with Crippen molar-refractivity contribution in [2.45, 2.75) is 13.5 Å². The molecule has 5 heteroatoms. The third-order valence-electron chi connectivity index (χ3n) is 3.65. The van der Waals surface area contributed by atoms with Gasteiger partial charge >= 0.3 is 0 Å². The van der Waals surface area contributed by atoms with Gasteiger partial charge in [0.25, 0.3) is 5.91 Å². The Bertz CT molecular complexity index is 837. The first-order valence-electron chi connectivity index (χ1n) is 7.19. The smallest absolute Gasteiger partial charge is 0.289 e.